The van der Waals surface area contributed by atoms with E-state index in [9.17, 15) is 4.79 Å². The molecule has 3 N–H and O–H groups in total. The summed E-state index contributed by atoms with van der Waals surface area (Å²) in [6.07, 6.45) is 7.59. The van der Waals surface area contributed by atoms with Gasteiger partial charge in [0.25, 0.3) is 5.91 Å². The minimum Gasteiger partial charge on any atom is -0.352 e. The molecule has 6 nitrogen and oxygen atoms in total. The second-order valence-corrected chi connectivity index (χ2v) is 8.47. The van der Waals surface area contributed by atoms with Gasteiger partial charge in [-0.1, -0.05) is 31.9 Å². The van der Waals surface area contributed by atoms with Crippen molar-refractivity contribution in [3.8, 4) is 0 Å². The molecule has 1 aliphatic carbocycles. The van der Waals surface area contributed by atoms with E-state index in [0.29, 0.717) is 18.2 Å². The van der Waals surface area contributed by atoms with E-state index in [4.69, 9.17) is 0 Å². The molecule has 1 heterocycles. The van der Waals surface area contributed by atoms with Gasteiger partial charge in [0.05, 0.1) is 0 Å². The van der Waals surface area contributed by atoms with Crippen LogP contribution in [-0.2, 0) is 6.54 Å². The summed E-state index contributed by atoms with van der Waals surface area (Å²) in [4.78, 5) is 19.4. The molecule has 30 heavy (non-hydrogen) atoms. The topological polar surface area (TPSA) is 68.8 Å². The fraction of sp³-hybridized carbons (Fsp3) is 0.652. The monoisotopic (exact) mass is 527 g/mol. The Morgan fingerprint density at radius 2 is 2.03 bits per heavy atom. The van der Waals surface area contributed by atoms with E-state index in [0.717, 1.165) is 30.5 Å². The number of aliphatic imine (C=N–C) groups is 1. The minimum atomic E-state index is -0.0123. The van der Waals surface area contributed by atoms with Crippen LogP contribution in [0.4, 0.5) is 0 Å². The number of nitrogens with one attached hydrogen (secondary N) is 3. The molecule has 0 radical (unpaired) electrons. The number of hydrogen-bond acceptors (Lipinski definition) is 3. The van der Waals surface area contributed by atoms with E-state index >= 15 is 0 Å². The van der Waals surface area contributed by atoms with Crippen LogP contribution in [0.5, 0.6) is 0 Å². The van der Waals surface area contributed by atoms with Crippen LogP contribution in [0.3, 0.4) is 0 Å². The fourth-order valence-corrected chi connectivity index (χ4v) is 4.31. The molecule has 2 fully saturated rings. The van der Waals surface area contributed by atoms with Crippen molar-refractivity contribution in [1.29, 1.82) is 0 Å². The summed E-state index contributed by atoms with van der Waals surface area (Å²) >= 11 is 0. The third-order valence-electron chi connectivity index (χ3n) is 6.26. The van der Waals surface area contributed by atoms with Crippen molar-refractivity contribution in [1.82, 2.24) is 20.9 Å². The van der Waals surface area contributed by atoms with E-state index in [1.165, 1.54) is 38.6 Å². The summed E-state index contributed by atoms with van der Waals surface area (Å²) in [5, 5.41) is 10.0. The lowest BCUT2D eigenvalue weighted by Crippen LogP contribution is -2.45. The fourth-order valence-electron chi connectivity index (χ4n) is 4.31. The van der Waals surface area contributed by atoms with Crippen LogP contribution in [0.1, 0.15) is 68.3 Å². The summed E-state index contributed by atoms with van der Waals surface area (Å²) in [6, 6.07) is 9.23. The number of hydrogen-bond donors (Lipinski definition) is 3. The molecule has 168 valence electrons. The highest BCUT2D eigenvalue weighted by atomic mass is 127. The van der Waals surface area contributed by atoms with Gasteiger partial charge in [0.2, 0.25) is 0 Å². The highest BCUT2D eigenvalue weighted by Gasteiger charge is 2.30. The normalized spacial score (nSPS) is 21.2. The summed E-state index contributed by atoms with van der Waals surface area (Å²) in [6.45, 7) is 7.03. The highest BCUT2D eigenvalue weighted by molar-refractivity contribution is 14.0. The molecule has 0 spiro atoms. The summed E-state index contributed by atoms with van der Waals surface area (Å²) in [5.41, 5.74) is 1.78. The molecule has 0 aromatic heterocycles. The first-order chi connectivity index (χ1) is 14.1. The molecule has 0 bridgehead atoms. The molecule has 7 heteroatoms. The minimum absolute atomic E-state index is 0. The van der Waals surface area contributed by atoms with Crippen molar-refractivity contribution >= 4 is 35.8 Å². The third kappa shape index (κ3) is 7.11. The molecule has 2 aliphatic rings. The van der Waals surface area contributed by atoms with Gasteiger partial charge in [-0.2, -0.15) is 0 Å². The van der Waals surface area contributed by atoms with Gasteiger partial charge in [0, 0.05) is 50.4 Å². The largest absolute Gasteiger partial charge is 0.352 e. The lowest BCUT2D eigenvalue weighted by Gasteiger charge is -2.24. The molecule has 2 atom stereocenters. The molecule has 1 aromatic carbocycles. The summed E-state index contributed by atoms with van der Waals surface area (Å²) in [7, 11) is 1.81. The zero-order chi connectivity index (χ0) is 20.6. The zero-order valence-electron chi connectivity index (χ0n) is 18.6. The lowest BCUT2D eigenvalue weighted by atomic mass is 10.1. The quantitative estimate of drug-likeness (QED) is 0.289. The number of amides is 1. The first kappa shape index (κ1) is 24.9. The first-order valence-electron chi connectivity index (χ1n) is 11.2. The highest BCUT2D eigenvalue weighted by Crippen LogP contribution is 2.26. The predicted octanol–water partition coefficient (Wildman–Crippen LogP) is 3.51. The predicted molar refractivity (Wildman–Crippen MR) is 135 cm³/mol. The molecule has 1 aliphatic heterocycles. The maximum atomic E-state index is 12.4. The SMILES string of the molecule is CCC(C)NC(=O)c1cccc(CNC(=NC)NC2CCN(C3CCCC3)C2)c1.I. The second kappa shape index (κ2) is 12.5. The van der Waals surface area contributed by atoms with E-state index in [-0.39, 0.29) is 35.9 Å². The molecule has 1 aromatic rings. The van der Waals surface area contributed by atoms with E-state index in [1.807, 2.05) is 38.2 Å². The standard InChI is InChI=1S/C23H37N5O.HI/c1-4-17(2)26-22(29)19-9-7-8-18(14-19)15-25-23(24-3)27-20-12-13-28(16-20)21-10-5-6-11-21;/h7-9,14,17,20-21H,4-6,10-13,15-16H2,1-3H3,(H,26,29)(H2,24,25,27);1H. The third-order valence-corrected chi connectivity index (χ3v) is 6.26. The molecule has 1 saturated carbocycles. The van der Waals surface area contributed by atoms with Crippen molar-refractivity contribution in [2.45, 2.75) is 77.0 Å². The first-order valence-corrected chi connectivity index (χ1v) is 11.2. The van der Waals surface area contributed by atoms with Crippen molar-refractivity contribution in [3.05, 3.63) is 35.4 Å². The zero-order valence-corrected chi connectivity index (χ0v) is 20.9. The number of benzene rings is 1. The average molecular weight is 527 g/mol. The molecule has 2 unspecified atom stereocenters. The van der Waals surface area contributed by atoms with E-state index in [1.54, 1.807) is 0 Å². The number of carbonyl (C=O) groups is 1. The Balaban J connectivity index is 0.00000320. The molecular weight excluding hydrogens is 489 g/mol. The lowest BCUT2D eigenvalue weighted by molar-refractivity contribution is 0.0939. The van der Waals surface area contributed by atoms with Crippen molar-refractivity contribution in [2.24, 2.45) is 4.99 Å². The maximum Gasteiger partial charge on any atom is 0.251 e. The Kier molecular flexibility index (Phi) is 10.4. The van der Waals surface area contributed by atoms with Gasteiger partial charge in [-0.3, -0.25) is 14.7 Å². The second-order valence-electron chi connectivity index (χ2n) is 8.47. The van der Waals surface area contributed by atoms with Crippen molar-refractivity contribution in [3.63, 3.8) is 0 Å². The Morgan fingerprint density at radius 1 is 1.27 bits per heavy atom. The van der Waals surface area contributed by atoms with Gasteiger partial charge in [0.1, 0.15) is 0 Å². The van der Waals surface area contributed by atoms with Crippen LogP contribution in [0.25, 0.3) is 0 Å². The molecule has 1 saturated heterocycles. The number of rotatable bonds is 7. The molecular formula is C23H38IN5O. The van der Waals surface area contributed by atoms with Crippen LogP contribution in [0.15, 0.2) is 29.3 Å². The van der Waals surface area contributed by atoms with E-state index < -0.39 is 0 Å². The van der Waals surface area contributed by atoms with Crippen molar-refractivity contribution < 1.29 is 4.79 Å². The molecule has 3 rings (SSSR count). The Morgan fingerprint density at radius 3 is 2.73 bits per heavy atom. The van der Waals surface area contributed by atoms with Crippen LogP contribution < -0.4 is 16.0 Å². The summed E-state index contributed by atoms with van der Waals surface area (Å²) < 4.78 is 0. The van der Waals surface area contributed by atoms with Crippen LogP contribution in [-0.4, -0.2) is 55.0 Å². The van der Waals surface area contributed by atoms with E-state index in [2.05, 4.69) is 32.8 Å². The molecule has 1 amide bonds. The smallest absolute Gasteiger partial charge is 0.251 e. The number of carbonyl (C=O) groups excluding carboxylic acids is 1. The maximum absolute atomic E-state index is 12.4. The number of likely N-dealkylation sites (tertiary alicyclic amines) is 1. The Labute approximate surface area is 198 Å². The van der Waals surface area contributed by atoms with Crippen molar-refractivity contribution in [2.75, 3.05) is 20.1 Å². The van der Waals surface area contributed by atoms with Gasteiger partial charge in [-0.25, -0.2) is 0 Å². The Bertz CT molecular complexity index is 705. The number of halogens is 1. The summed E-state index contributed by atoms with van der Waals surface area (Å²) in [5.74, 6) is 0.819. The number of nitrogens with zero attached hydrogens (tertiary/aromatic N) is 2. The number of guanidine groups is 1. The van der Waals surface area contributed by atoms with Gasteiger partial charge < -0.3 is 16.0 Å². The average Bonchev–Trinajstić information content (AvgIpc) is 3.43. The van der Waals surface area contributed by atoms with Crippen LogP contribution >= 0.6 is 24.0 Å². The van der Waals surface area contributed by atoms with Gasteiger partial charge in [-0.05, 0) is 50.3 Å². The van der Waals surface area contributed by atoms with Gasteiger partial charge in [0.15, 0.2) is 5.96 Å². The van der Waals surface area contributed by atoms with Gasteiger partial charge in [-0.15, -0.1) is 24.0 Å². The Hall–Kier alpha value is -1.35. The van der Waals surface area contributed by atoms with Crippen LogP contribution in [0.2, 0.25) is 0 Å². The van der Waals surface area contributed by atoms with Crippen LogP contribution in [0, 0.1) is 0 Å². The van der Waals surface area contributed by atoms with Gasteiger partial charge >= 0.3 is 0 Å².